The van der Waals surface area contributed by atoms with Gasteiger partial charge >= 0.3 is 6.03 Å². The number of phenols is 1. The molecule has 2 amide bonds. The molecule has 0 aliphatic carbocycles. The van der Waals surface area contributed by atoms with Crippen LogP contribution >= 0.6 is 0 Å². The largest absolute Gasteiger partial charge is 0.508 e. The molecule has 0 saturated carbocycles. The molecule has 2 heterocycles. The van der Waals surface area contributed by atoms with Crippen LogP contribution in [0, 0.1) is 5.92 Å². The van der Waals surface area contributed by atoms with Crippen molar-refractivity contribution >= 4 is 11.7 Å². The molecule has 0 bridgehead atoms. The summed E-state index contributed by atoms with van der Waals surface area (Å²) in [5.74, 6) is 0.608. The van der Waals surface area contributed by atoms with Gasteiger partial charge in [0.15, 0.2) is 0 Å². The highest BCUT2D eigenvalue weighted by Crippen LogP contribution is 2.25. The number of nitrogens with one attached hydrogen (secondary N) is 1. The van der Waals surface area contributed by atoms with E-state index in [0.29, 0.717) is 30.4 Å². The van der Waals surface area contributed by atoms with E-state index in [1.54, 1.807) is 29.4 Å². The molecule has 3 rings (SSSR count). The molecule has 1 aromatic carbocycles. The molecule has 0 spiro atoms. The van der Waals surface area contributed by atoms with Crippen molar-refractivity contribution in [3.63, 3.8) is 0 Å². The van der Waals surface area contributed by atoms with Crippen LogP contribution in [0.3, 0.4) is 0 Å². The molecular formula is C19H23N3O3. The number of para-hydroxylation sites is 1. The minimum Gasteiger partial charge on any atom is -0.508 e. The number of hydrogen-bond donors (Lipinski definition) is 2. The Bertz CT molecular complexity index is 816. The molecule has 1 aliphatic heterocycles. The van der Waals surface area contributed by atoms with Gasteiger partial charge in [-0.3, -0.25) is 4.79 Å². The number of rotatable bonds is 4. The third kappa shape index (κ3) is 4.02. The van der Waals surface area contributed by atoms with Crippen molar-refractivity contribution in [2.24, 2.45) is 5.92 Å². The van der Waals surface area contributed by atoms with E-state index in [2.05, 4.69) is 5.32 Å². The highest BCUT2D eigenvalue weighted by Gasteiger charge is 2.27. The van der Waals surface area contributed by atoms with Gasteiger partial charge in [0.1, 0.15) is 11.4 Å². The van der Waals surface area contributed by atoms with Gasteiger partial charge in [-0.15, -0.1) is 0 Å². The van der Waals surface area contributed by atoms with Crippen LogP contribution in [0.5, 0.6) is 5.75 Å². The molecule has 6 heteroatoms. The average molecular weight is 341 g/mol. The lowest BCUT2D eigenvalue weighted by atomic mass is 9.98. The van der Waals surface area contributed by atoms with Crippen molar-refractivity contribution in [1.29, 1.82) is 0 Å². The minimum absolute atomic E-state index is 0.192. The number of urea groups is 1. The second-order valence-electron chi connectivity index (χ2n) is 6.42. The summed E-state index contributed by atoms with van der Waals surface area (Å²) < 4.78 is 1.85. The Balaban J connectivity index is 1.61. The van der Waals surface area contributed by atoms with Crippen molar-refractivity contribution in [3.05, 3.63) is 58.5 Å². The van der Waals surface area contributed by atoms with E-state index < -0.39 is 0 Å². The lowest BCUT2D eigenvalue weighted by molar-refractivity contribution is 0.220. The normalized spacial score (nSPS) is 16.8. The minimum atomic E-state index is -0.245. The summed E-state index contributed by atoms with van der Waals surface area (Å²) >= 11 is 0. The first-order valence-corrected chi connectivity index (χ1v) is 8.59. The summed E-state index contributed by atoms with van der Waals surface area (Å²) in [4.78, 5) is 26.1. The number of hydrogen-bond acceptors (Lipinski definition) is 3. The first-order chi connectivity index (χ1) is 12.1. The number of aromatic hydroxyl groups is 1. The molecule has 2 N–H and O–H groups in total. The van der Waals surface area contributed by atoms with E-state index in [-0.39, 0.29) is 11.5 Å². The topological polar surface area (TPSA) is 74.6 Å². The second kappa shape index (κ2) is 7.42. The fraction of sp³-hybridized carbons (Fsp3) is 0.368. The van der Waals surface area contributed by atoms with E-state index in [1.165, 1.54) is 6.07 Å². The summed E-state index contributed by atoms with van der Waals surface area (Å²) in [5, 5.41) is 12.6. The Hall–Kier alpha value is -2.76. The molecule has 1 unspecified atom stereocenters. The third-order valence-corrected chi connectivity index (χ3v) is 4.66. The quantitative estimate of drug-likeness (QED) is 0.898. The number of benzene rings is 1. The number of pyridine rings is 1. The van der Waals surface area contributed by atoms with Crippen LogP contribution in [0.4, 0.5) is 10.5 Å². The maximum atomic E-state index is 12.4. The average Bonchev–Trinajstić information content (AvgIpc) is 3.07. The summed E-state index contributed by atoms with van der Waals surface area (Å²) in [6.45, 7) is 3.98. The Kier molecular flexibility index (Phi) is 5.07. The molecule has 0 radical (unpaired) electrons. The van der Waals surface area contributed by atoms with Gasteiger partial charge in [0.25, 0.3) is 0 Å². The van der Waals surface area contributed by atoms with Gasteiger partial charge in [0.2, 0.25) is 5.43 Å². The first kappa shape index (κ1) is 17.1. The first-order valence-electron chi connectivity index (χ1n) is 8.59. The molecular weight excluding hydrogens is 318 g/mol. The molecule has 132 valence electrons. The van der Waals surface area contributed by atoms with Gasteiger partial charge in [-0.05, 0) is 37.3 Å². The van der Waals surface area contributed by atoms with Crippen LogP contribution in [-0.2, 0) is 13.0 Å². The number of aromatic nitrogens is 1. The predicted octanol–water partition coefficient (Wildman–Crippen LogP) is 2.67. The smallest absolute Gasteiger partial charge is 0.322 e. The number of aryl methyl sites for hydroxylation is 1. The number of amides is 2. The van der Waals surface area contributed by atoms with E-state index in [9.17, 15) is 14.7 Å². The van der Waals surface area contributed by atoms with Crippen LogP contribution in [0.2, 0.25) is 0 Å². The fourth-order valence-electron chi connectivity index (χ4n) is 3.19. The highest BCUT2D eigenvalue weighted by molar-refractivity contribution is 5.89. The SMILES string of the molecule is CCn1ccc(=O)c(NC(=O)N2CCC(Cc3ccccc3O)C2)c1. The van der Waals surface area contributed by atoms with Crippen LogP contribution in [0.25, 0.3) is 0 Å². The van der Waals surface area contributed by atoms with Crippen LogP contribution in [0.15, 0.2) is 47.5 Å². The summed E-state index contributed by atoms with van der Waals surface area (Å²) in [6, 6.07) is 8.52. The number of carbonyl (C=O) groups excluding carboxylic acids is 1. The maximum Gasteiger partial charge on any atom is 0.322 e. The summed E-state index contributed by atoms with van der Waals surface area (Å²) in [6.07, 6.45) is 4.99. The monoisotopic (exact) mass is 341 g/mol. The molecule has 2 aromatic rings. The molecule has 1 fully saturated rings. The van der Waals surface area contributed by atoms with Gasteiger partial charge in [-0.25, -0.2) is 4.79 Å². The number of nitrogens with zero attached hydrogens (tertiary/aromatic N) is 2. The Morgan fingerprint density at radius 1 is 1.32 bits per heavy atom. The Morgan fingerprint density at radius 3 is 2.88 bits per heavy atom. The zero-order chi connectivity index (χ0) is 17.8. The number of anilines is 1. The number of likely N-dealkylation sites (tertiary alicyclic amines) is 1. The van der Waals surface area contributed by atoms with Crippen molar-refractivity contribution in [2.75, 3.05) is 18.4 Å². The Morgan fingerprint density at radius 2 is 2.12 bits per heavy atom. The van der Waals surface area contributed by atoms with Gasteiger partial charge in [-0.2, -0.15) is 0 Å². The van der Waals surface area contributed by atoms with Crippen LogP contribution < -0.4 is 10.7 Å². The van der Waals surface area contributed by atoms with Gasteiger partial charge < -0.3 is 19.9 Å². The fourth-order valence-corrected chi connectivity index (χ4v) is 3.19. The van der Waals surface area contributed by atoms with E-state index in [0.717, 1.165) is 24.9 Å². The van der Waals surface area contributed by atoms with Crippen LogP contribution in [0.1, 0.15) is 18.9 Å². The van der Waals surface area contributed by atoms with Crippen molar-refractivity contribution in [2.45, 2.75) is 26.3 Å². The molecule has 1 aromatic heterocycles. The van der Waals surface area contributed by atoms with Crippen molar-refractivity contribution in [3.8, 4) is 5.75 Å². The van der Waals surface area contributed by atoms with E-state index in [1.807, 2.05) is 23.6 Å². The zero-order valence-corrected chi connectivity index (χ0v) is 14.3. The Labute approximate surface area is 146 Å². The zero-order valence-electron chi connectivity index (χ0n) is 14.3. The molecule has 6 nitrogen and oxygen atoms in total. The molecule has 25 heavy (non-hydrogen) atoms. The molecule has 1 atom stereocenters. The lowest BCUT2D eigenvalue weighted by Gasteiger charge is -2.18. The van der Waals surface area contributed by atoms with Crippen molar-refractivity contribution < 1.29 is 9.90 Å². The highest BCUT2D eigenvalue weighted by atomic mass is 16.3. The second-order valence-corrected chi connectivity index (χ2v) is 6.42. The number of carbonyl (C=O) groups is 1. The summed E-state index contributed by atoms with van der Waals surface area (Å²) in [7, 11) is 0. The standard InChI is InChI=1S/C19H23N3O3/c1-2-21-9-8-18(24)16(13-21)20-19(25)22-10-7-14(12-22)11-15-5-3-4-6-17(15)23/h3-6,8-9,13-14,23H,2,7,10-12H2,1H3,(H,20,25). The predicted molar refractivity (Wildman–Crippen MR) is 96.9 cm³/mol. The maximum absolute atomic E-state index is 12.4. The van der Waals surface area contributed by atoms with Crippen molar-refractivity contribution in [1.82, 2.24) is 9.47 Å². The van der Waals surface area contributed by atoms with Gasteiger partial charge in [0, 0.05) is 38.1 Å². The van der Waals surface area contributed by atoms with Gasteiger partial charge in [0.05, 0.1) is 0 Å². The van der Waals surface area contributed by atoms with E-state index in [4.69, 9.17) is 0 Å². The third-order valence-electron chi connectivity index (χ3n) is 4.66. The summed E-state index contributed by atoms with van der Waals surface area (Å²) in [5.41, 5.74) is 1.02. The molecule has 1 aliphatic rings. The van der Waals surface area contributed by atoms with Crippen LogP contribution in [-0.4, -0.2) is 33.7 Å². The molecule has 1 saturated heterocycles. The van der Waals surface area contributed by atoms with Gasteiger partial charge in [-0.1, -0.05) is 18.2 Å². The number of phenolic OH excluding ortho intramolecular Hbond substituents is 1. The van der Waals surface area contributed by atoms with E-state index >= 15 is 0 Å². The lowest BCUT2D eigenvalue weighted by Crippen LogP contribution is -2.34.